The number of benzene rings is 1. The number of hydrogen-bond acceptors (Lipinski definition) is 7. The summed E-state index contributed by atoms with van der Waals surface area (Å²) in [5, 5.41) is 3.16. The van der Waals surface area contributed by atoms with Gasteiger partial charge in [-0.15, -0.1) is 0 Å². The number of ether oxygens (including phenoxy) is 1. The zero-order valence-corrected chi connectivity index (χ0v) is 27.5. The van der Waals surface area contributed by atoms with Gasteiger partial charge in [0.1, 0.15) is 29.6 Å². The first-order chi connectivity index (χ1) is 23.0. The number of halogens is 1. The summed E-state index contributed by atoms with van der Waals surface area (Å²) < 4.78 is 24.4. The highest BCUT2D eigenvalue weighted by molar-refractivity contribution is 6.07. The number of esters is 1. The lowest BCUT2D eigenvalue weighted by molar-refractivity contribution is -0.142. The van der Waals surface area contributed by atoms with Crippen molar-refractivity contribution in [3.8, 4) is 11.1 Å². The molecule has 5 heterocycles. The van der Waals surface area contributed by atoms with Crippen LogP contribution in [0.5, 0.6) is 0 Å². The smallest absolute Gasteiger partial charge is 0.302 e. The summed E-state index contributed by atoms with van der Waals surface area (Å²) in [6, 6.07) is 10.1. The van der Waals surface area contributed by atoms with Gasteiger partial charge in [0.25, 0.3) is 11.5 Å². The third kappa shape index (κ3) is 5.94. The van der Waals surface area contributed by atoms with Crippen LogP contribution in [0.3, 0.4) is 0 Å². The van der Waals surface area contributed by atoms with E-state index in [1.165, 1.54) is 29.2 Å². The molecule has 48 heavy (non-hydrogen) atoms. The van der Waals surface area contributed by atoms with E-state index in [0.29, 0.717) is 52.9 Å². The lowest BCUT2D eigenvalue weighted by atomic mass is 9.91. The van der Waals surface area contributed by atoms with Crippen LogP contribution in [0.2, 0.25) is 0 Å². The number of piperidine rings is 1. The van der Waals surface area contributed by atoms with Gasteiger partial charge in [0.05, 0.1) is 5.69 Å². The SMILES string of the molecule is C=C1Cc2cc3n(c2C1)CCN(c1cc(F)cc(-c2cc(Nc4ccc(C5CCN(C)CC5)cn4)c(=O)n(C)c2)c1COC(C)=O)C3=O. The van der Waals surface area contributed by atoms with Crippen molar-refractivity contribution in [2.24, 2.45) is 7.05 Å². The summed E-state index contributed by atoms with van der Waals surface area (Å²) in [6.07, 6.45) is 7.11. The van der Waals surface area contributed by atoms with Crippen LogP contribution in [0.15, 0.2) is 65.7 Å². The van der Waals surface area contributed by atoms with Crippen LogP contribution in [-0.2, 0) is 42.6 Å². The monoisotopic (exact) mass is 650 g/mol. The first-order valence-electron chi connectivity index (χ1n) is 16.3. The number of amides is 1. The average Bonchev–Trinajstić information content (AvgIpc) is 3.59. The third-order valence-electron chi connectivity index (χ3n) is 9.80. The van der Waals surface area contributed by atoms with Gasteiger partial charge in [0, 0.05) is 62.7 Å². The Morgan fingerprint density at radius 1 is 1.06 bits per heavy atom. The van der Waals surface area contributed by atoms with Crippen molar-refractivity contribution in [3.63, 3.8) is 0 Å². The third-order valence-corrected chi connectivity index (χ3v) is 9.80. The molecule has 3 aromatic heterocycles. The van der Waals surface area contributed by atoms with Gasteiger partial charge in [-0.25, -0.2) is 9.37 Å². The Bertz CT molecular complexity index is 2010. The van der Waals surface area contributed by atoms with E-state index in [0.717, 1.165) is 55.6 Å². The predicted molar refractivity (Wildman–Crippen MR) is 182 cm³/mol. The van der Waals surface area contributed by atoms with Crippen LogP contribution >= 0.6 is 0 Å². The number of aryl methyl sites for hydroxylation is 1. The summed E-state index contributed by atoms with van der Waals surface area (Å²) in [5.74, 6) is -0.357. The van der Waals surface area contributed by atoms with Crippen LogP contribution in [-0.4, -0.2) is 57.6 Å². The number of nitrogens with one attached hydrogen (secondary N) is 1. The van der Waals surface area contributed by atoms with Gasteiger partial charge >= 0.3 is 5.97 Å². The van der Waals surface area contributed by atoms with E-state index in [9.17, 15) is 14.4 Å². The fourth-order valence-electron chi connectivity index (χ4n) is 7.27. The molecule has 1 aromatic carbocycles. The van der Waals surface area contributed by atoms with Crippen molar-refractivity contribution >= 4 is 29.1 Å². The molecule has 0 spiro atoms. The molecule has 2 aliphatic heterocycles. The molecule has 10 nitrogen and oxygen atoms in total. The largest absolute Gasteiger partial charge is 0.461 e. The zero-order valence-electron chi connectivity index (χ0n) is 27.5. The number of rotatable bonds is 7. The summed E-state index contributed by atoms with van der Waals surface area (Å²) in [7, 11) is 3.75. The van der Waals surface area contributed by atoms with Gasteiger partial charge in [-0.3, -0.25) is 14.4 Å². The van der Waals surface area contributed by atoms with E-state index >= 15 is 4.39 Å². The molecular weight excluding hydrogens is 611 g/mol. The first kappa shape index (κ1) is 31.6. The molecule has 0 saturated carbocycles. The van der Waals surface area contributed by atoms with Crippen LogP contribution in [0.4, 0.5) is 21.6 Å². The number of hydrogen-bond donors (Lipinski definition) is 1. The second kappa shape index (κ2) is 12.5. The number of fused-ring (bicyclic) bond motifs is 3. The quantitative estimate of drug-likeness (QED) is 0.214. The highest BCUT2D eigenvalue weighted by Crippen LogP contribution is 2.38. The zero-order chi connectivity index (χ0) is 33.7. The maximum Gasteiger partial charge on any atom is 0.302 e. The van der Waals surface area contributed by atoms with Crippen molar-refractivity contribution in [1.29, 1.82) is 0 Å². The van der Waals surface area contributed by atoms with E-state index in [-0.39, 0.29) is 23.8 Å². The molecule has 1 N–H and O–H groups in total. The molecular formula is C37H39FN6O4. The van der Waals surface area contributed by atoms with Gasteiger partial charge in [-0.05, 0) is 92.3 Å². The van der Waals surface area contributed by atoms with Gasteiger partial charge in [-0.2, -0.15) is 0 Å². The van der Waals surface area contributed by atoms with E-state index in [1.807, 2.05) is 29.0 Å². The molecule has 1 fully saturated rings. The lowest BCUT2D eigenvalue weighted by Gasteiger charge is -2.31. The molecule has 1 amide bonds. The second-order valence-corrected chi connectivity index (χ2v) is 13.2. The Hall–Kier alpha value is -5.03. The Morgan fingerprint density at radius 3 is 2.58 bits per heavy atom. The predicted octanol–water partition coefficient (Wildman–Crippen LogP) is 5.32. The molecule has 1 saturated heterocycles. The Morgan fingerprint density at radius 2 is 1.85 bits per heavy atom. The van der Waals surface area contributed by atoms with Crippen molar-refractivity contribution in [2.45, 2.75) is 51.7 Å². The number of aromatic nitrogens is 3. The number of allylic oxidation sites excluding steroid dienone is 1. The van der Waals surface area contributed by atoms with E-state index in [4.69, 9.17) is 4.74 Å². The highest BCUT2D eigenvalue weighted by Gasteiger charge is 2.33. The first-order valence-corrected chi connectivity index (χ1v) is 16.3. The van der Waals surface area contributed by atoms with Gasteiger partial charge in [-0.1, -0.05) is 18.2 Å². The van der Waals surface area contributed by atoms with Gasteiger partial charge < -0.3 is 29.0 Å². The fourth-order valence-corrected chi connectivity index (χ4v) is 7.27. The van der Waals surface area contributed by atoms with E-state index in [2.05, 4.69) is 28.8 Å². The maximum absolute atomic E-state index is 15.5. The molecule has 11 heteroatoms. The minimum absolute atomic E-state index is 0.188. The van der Waals surface area contributed by atoms with Crippen LogP contribution in [0.1, 0.15) is 58.6 Å². The molecule has 3 aliphatic rings. The fraction of sp³-hybridized carbons (Fsp3) is 0.351. The molecule has 0 atom stereocenters. The molecule has 1 aliphatic carbocycles. The van der Waals surface area contributed by atoms with Crippen LogP contribution in [0.25, 0.3) is 11.1 Å². The molecule has 0 bridgehead atoms. The lowest BCUT2D eigenvalue weighted by Crippen LogP contribution is -2.41. The maximum atomic E-state index is 15.5. The summed E-state index contributed by atoms with van der Waals surface area (Å²) in [4.78, 5) is 47.7. The normalized spacial score (nSPS) is 16.6. The molecule has 0 radical (unpaired) electrons. The number of likely N-dealkylation sites (tertiary alicyclic amines) is 1. The summed E-state index contributed by atoms with van der Waals surface area (Å²) in [6.45, 7) is 8.17. The number of pyridine rings is 2. The average molecular weight is 651 g/mol. The minimum Gasteiger partial charge on any atom is -0.461 e. The van der Waals surface area contributed by atoms with Crippen LogP contribution < -0.4 is 15.8 Å². The van der Waals surface area contributed by atoms with Gasteiger partial charge in [0.15, 0.2) is 0 Å². The Labute approximate surface area is 278 Å². The second-order valence-electron chi connectivity index (χ2n) is 13.2. The van der Waals surface area contributed by atoms with E-state index < -0.39 is 11.8 Å². The topological polar surface area (TPSA) is 102 Å². The Kier molecular flexibility index (Phi) is 8.24. The number of nitrogens with zero attached hydrogens (tertiary/aromatic N) is 5. The molecule has 248 valence electrons. The Balaban J connectivity index is 1.24. The molecule has 0 unspecified atom stereocenters. The van der Waals surface area contributed by atoms with Crippen molar-refractivity contribution < 1.29 is 18.7 Å². The van der Waals surface area contributed by atoms with Crippen LogP contribution in [0, 0.1) is 5.82 Å². The number of anilines is 3. The highest BCUT2D eigenvalue weighted by atomic mass is 19.1. The standard InChI is InChI=1S/C37H39FN6O4/c1-22-13-26-16-34-37(47)44(12-11-43(34)32(26)14-22)33-18-28(38)17-29(30(33)21-48-23(2)45)27-15-31(36(46)42(4)20-27)40-35-6-5-25(19-39-35)24-7-9-41(3)10-8-24/h5-6,15-20,24H,1,7-14,21H2,2-4H3,(H,39,40). The van der Waals surface area contributed by atoms with E-state index in [1.54, 1.807) is 24.2 Å². The molecule has 7 rings (SSSR count). The summed E-state index contributed by atoms with van der Waals surface area (Å²) in [5.41, 5.74) is 6.71. The minimum atomic E-state index is -0.561. The van der Waals surface area contributed by atoms with Gasteiger partial charge in [0.2, 0.25) is 0 Å². The number of carbonyl (C=O) groups excluding carboxylic acids is 2. The summed E-state index contributed by atoms with van der Waals surface area (Å²) >= 11 is 0. The van der Waals surface area contributed by atoms with Crippen molar-refractivity contribution in [2.75, 3.05) is 36.9 Å². The molecule has 4 aromatic rings. The van der Waals surface area contributed by atoms with Crippen molar-refractivity contribution in [3.05, 3.63) is 105 Å². The van der Waals surface area contributed by atoms with Crippen molar-refractivity contribution in [1.82, 2.24) is 19.0 Å². The number of carbonyl (C=O) groups is 2.